The third kappa shape index (κ3) is 5.21. The van der Waals surface area contributed by atoms with Gasteiger partial charge in [0.05, 0.1) is 12.2 Å². The second-order valence-electron chi connectivity index (χ2n) is 5.75. The highest BCUT2D eigenvalue weighted by Gasteiger charge is 2.15. The summed E-state index contributed by atoms with van der Waals surface area (Å²) < 4.78 is 11.1. The van der Waals surface area contributed by atoms with Gasteiger partial charge < -0.3 is 20.1 Å². The molecule has 1 heterocycles. The average molecular weight is 292 g/mol. The van der Waals surface area contributed by atoms with E-state index in [4.69, 9.17) is 9.47 Å². The van der Waals surface area contributed by atoms with Gasteiger partial charge in [0.1, 0.15) is 11.9 Å². The first kappa shape index (κ1) is 16.1. The molecular formula is C17H28N2O2. The third-order valence-electron chi connectivity index (χ3n) is 3.66. The van der Waals surface area contributed by atoms with Crippen LogP contribution in [0.5, 0.6) is 5.75 Å². The Balaban J connectivity index is 1.77. The summed E-state index contributed by atoms with van der Waals surface area (Å²) in [5.74, 6) is 0.967. The van der Waals surface area contributed by atoms with E-state index in [-0.39, 0.29) is 6.10 Å². The van der Waals surface area contributed by atoms with Gasteiger partial charge in [0, 0.05) is 19.3 Å². The monoisotopic (exact) mass is 292 g/mol. The molecule has 0 spiro atoms. The van der Waals surface area contributed by atoms with Gasteiger partial charge in [-0.05, 0) is 57.9 Å². The van der Waals surface area contributed by atoms with Crippen LogP contribution in [-0.4, -0.2) is 38.4 Å². The molecule has 0 saturated heterocycles. The highest BCUT2D eigenvalue weighted by atomic mass is 16.5. The molecule has 0 aliphatic carbocycles. The predicted molar refractivity (Wildman–Crippen MR) is 87.3 cm³/mol. The lowest BCUT2D eigenvalue weighted by atomic mass is 10.1. The van der Waals surface area contributed by atoms with Crippen LogP contribution in [0.1, 0.15) is 32.8 Å². The first-order valence-electron chi connectivity index (χ1n) is 8.03. The van der Waals surface area contributed by atoms with E-state index in [1.165, 1.54) is 5.56 Å². The summed E-state index contributed by atoms with van der Waals surface area (Å²) in [7, 11) is 0. The predicted octanol–water partition coefficient (Wildman–Crippen LogP) is 2.83. The van der Waals surface area contributed by atoms with Gasteiger partial charge in [0.25, 0.3) is 0 Å². The van der Waals surface area contributed by atoms with Crippen LogP contribution in [0, 0.1) is 0 Å². The zero-order valence-corrected chi connectivity index (χ0v) is 13.4. The second-order valence-corrected chi connectivity index (χ2v) is 5.75. The normalized spacial score (nSPS) is 18.5. The lowest BCUT2D eigenvalue weighted by Crippen LogP contribution is -2.30. The first-order chi connectivity index (χ1) is 10.2. The molecule has 118 valence electrons. The molecular weight excluding hydrogens is 264 g/mol. The molecule has 0 bridgehead atoms. The van der Waals surface area contributed by atoms with Crippen LogP contribution in [0.4, 0.5) is 5.69 Å². The molecule has 0 radical (unpaired) electrons. The van der Waals surface area contributed by atoms with E-state index < -0.39 is 0 Å². The molecule has 1 aromatic rings. The lowest BCUT2D eigenvalue weighted by Gasteiger charge is -2.25. The Labute approximate surface area is 128 Å². The third-order valence-corrected chi connectivity index (χ3v) is 3.66. The van der Waals surface area contributed by atoms with Gasteiger partial charge in [-0.1, -0.05) is 6.07 Å². The summed E-state index contributed by atoms with van der Waals surface area (Å²) in [6.45, 7) is 9.87. The van der Waals surface area contributed by atoms with Crippen molar-refractivity contribution in [1.82, 2.24) is 5.32 Å². The number of ether oxygens (including phenoxy) is 2. The molecule has 1 aliphatic rings. The van der Waals surface area contributed by atoms with Crippen molar-refractivity contribution in [3.63, 3.8) is 0 Å². The Kier molecular flexibility index (Phi) is 6.33. The molecule has 0 fully saturated rings. The fourth-order valence-corrected chi connectivity index (χ4v) is 2.55. The van der Waals surface area contributed by atoms with Crippen molar-refractivity contribution in [2.24, 2.45) is 0 Å². The largest absolute Gasteiger partial charge is 0.487 e. The highest BCUT2D eigenvalue weighted by Crippen LogP contribution is 2.30. The maximum absolute atomic E-state index is 5.80. The Hall–Kier alpha value is -1.26. The molecule has 4 heteroatoms. The van der Waals surface area contributed by atoms with E-state index in [2.05, 4.69) is 42.7 Å². The maximum atomic E-state index is 5.80. The molecule has 21 heavy (non-hydrogen) atoms. The van der Waals surface area contributed by atoms with E-state index in [0.717, 1.165) is 50.6 Å². The van der Waals surface area contributed by atoms with Crippen LogP contribution in [0.25, 0.3) is 0 Å². The standard InChI is InChI=1S/C17H28N2O2/c1-4-20-9-5-8-18-13(2)10-15-6-7-17-16(11-15)19-12-14(3)21-17/h6-7,11,13-14,18-19H,4-5,8-10,12H2,1-3H3. The van der Waals surface area contributed by atoms with Gasteiger partial charge in [-0.2, -0.15) is 0 Å². The van der Waals surface area contributed by atoms with Crippen LogP contribution >= 0.6 is 0 Å². The van der Waals surface area contributed by atoms with E-state index >= 15 is 0 Å². The van der Waals surface area contributed by atoms with E-state index in [0.29, 0.717) is 6.04 Å². The topological polar surface area (TPSA) is 42.5 Å². The number of benzene rings is 1. The van der Waals surface area contributed by atoms with Gasteiger partial charge in [-0.15, -0.1) is 0 Å². The van der Waals surface area contributed by atoms with Gasteiger partial charge in [-0.25, -0.2) is 0 Å². The SMILES string of the molecule is CCOCCCNC(C)Cc1ccc2c(c1)NCC(C)O2. The fourth-order valence-electron chi connectivity index (χ4n) is 2.55. The van der Waals surface area contributed by atoms with Crippen molar-refractivity contribution < 1.29 is 9.47 Å². The zero-order chi connectivity index (χ0) is 15.1. The number of rotatable bonds is 8. The minimum absolute atomic E-state index is 0.245. The van der Waals surface area contributed by atoms with Crippen molar-refractivity contribution in [1.29, 1.82) is 0 Å². The Morgan fingerprint density at radius 1 is 1.48 bits per heavy atom. The quantitative estimate of drug-likeness (QED) is 0.723. The summed E-state index contributed by atoms with van der Waals surface area (Å²) in [6.07, 6.45) is 2.34. The van der Waals surface area contributed by atoms with Crippen LogP contribution in [-0.2, 0) is 11.2 Å². The Morgan fingerprint density at radius 3 is 3.14 bits per heavy atom. The summed E-state index contributed by atoms with van der Waals surface area (Å²) in [5, 5.41) is 6.98. The van der Waals surface area contributed by atoms with Crippen molar-refractivity contribution in [2.75, 3.05) is 31.6 Å². The van der Waals surface area contributed by atoms with Crippen molar-refractivity contribution in [3.05, 3.63) is 23.8 Å². The molecule has 0 aromatic heterocycles. The molecule has 0 amide bonds. The first-order valence-corrected chi connectivity index (χ1v) is 8.03. The lowest BCUT2D eigenvalue weighted by molar-refractivity contribution is 0.144. The van der Waals surface area contributed by atoms with E-state index in [9.17, 15) is 0 Å². The molecule has 1 aromatic carbocycles. The van der Waals surface area contributed by atoms with Gasteiger partial charge >= 0.3 is 0 Å². The smallest absolute Gasteiger partial charge is 0.142 e. The molecule has 2 atom stereocenters. The molecule has 2 rings (SSSR count). The summed E-state index contributed by atoms with van der Waals surface area (Å²) in [4.78, 5) is 0. The van der Waals surface area contributed by atoms with Crippen LogP contribution < -0.4 is 15.4 Å². The van der Waals surface area contributed by atoms with Crippen LogP contribution in [0.2, 0.25) is 0 Å². The second kappa shape index (κ2) is 8.25. The Bertz CT molecular complexity index is 437. The summed E-state index contributed by atoms with van der Waals surface area (Å²) in [6, 6.07) is 6.92. The maximum Gasteiger partial charge on any atom is 0.142 e. The zero-order valence-electron chi connectivity index (χ0n) is 13.4. The Morgan fingerprint density at radius 2 is 2.33 bits per heavy atom. The number of hydrogen-bond donors (Lipinski definition) is 2. The van der Waals surface area contributed by atoms with Crippen molar-refractivity contribution >= 4 is 5.69 Å². The van der Waals surface area contributed by atoms with Gasteiger partial charge in [0.2, 0.25) is 0 Å². The van der Waals surface area contributed by atoms with Crippen molar-refractivity contribution in [2.45, 2.75) is 45.8 Å². The average Bonchev–Trinajstić information content (AvgIpc) is 2.47. The fraction of sp³-hybridized carbons (Fsp3) is 0.647. The number of hydrogen-bond acceptors (Lipinski definition) is 4. The van der Waals surface area contributed by atoms with Gasteiger partial charge in [0.15, 0.2) is 0 Å². The van der Waals surface area contributed by atoms with Crippen molar-refractivity contribution in [3.8, 4) is 5.75 Å². The van der Waals surface area contributed by atoms with E-state index in [1.807, 2.05) is 6.92 Å². The number of fused-ring (bicyclic) bond motifs is 1. The number of nitrogens with one attached hydrogen (secondary N) is 2. The molecule has 0 saturated carbocycles. The summed E-state index contributed by atoms with van der Waals surface area (Å²) in [5.41, 5.74) is 2.46. The molecule has 2 unspecified atom stereocenters. The van der Waals surface area contributed by atoms with Gasteiger partial charge in [-0.3, -0.25) is 0 Å². The number of anilines is 1. The van der Waals surface area contributed by atoms with E-state index in [1.54, 1.807) is 0 Å². The van der Waals surface area contributed by atoms with Crippen LogP contribution in [0.15, 0.2) is 18.2 Å². The molecule has 2 N–H and O–H groups in total. The molecule has 4 nitrogen and oxygen atoms in total. The van der Waals surface area contributed by atoms with Crippen LogP contribution in [0.3, 0.4) is 0 Å². The summed E-state index contributed by atoms with van der Waals surface area (Å²) >= 11 is 0. The minimum Gasteiger partial charge on any atom is -0.487 e. The highest BCUT2D eigenvalue weighted by molar-refractivity contribution is 5.59. The minimum atomic E-state index is 0.245. The molecule has 1 aliphatic heterocycles.